The molecular formula is C16H22N2OS. The zero-order chi connectivity index (χ0) is 14.1. The van der Waals surface area contributed by atoms with Crippen LogP contribution in [-0.2, 0) is 0 Å². The Balaban J connectivity index is 1.69. The van der Waals surface area contributed by atoms with Crippen LogP contribution in [0.1, 0.15) is 36.0 Å². The molecule has 2 fully saturated rings. The molecule has 2 aliphatic heterocycles. The summed E-state index contributed by atoms with van der Waals surface area (Å²) in [5.41, 5.74) is 0.802. The Labute approximate surface area is 125 Å². The third-order valence-corrected chi connectivity index (χ3v) is 5.40. The molecule has 1 amide bonds. The van der Waals surface area contributed by atoms with Gasteiger partial charge in [-0.05, 0) is 56.2 Å². The number of fused-ring (bicyclic) bond motifs is 2. The maximum Gasteiger partial charge on any atom is 0.253 e. The minimum atomic E-state index is 0.156. The summed E-state index contributed by atoms with van der Waals surface area (Å²) in [5.74, 6) is 0.156. The summed E-state index contributed by atoms with van der Waals surface area (Å²) >= 11 is 1.70. The third-order valence-electron chi connectivity index (χ3n) is 4.65. The minimum Gasteiger partial charge on any atom is -0.339 e. The molecule has 1 aromatic carbocycles. The Morgan fingerprint density at radius 1 is 1.20 bits per heavy atom. The Hall–Kier alpha value is -1.00. The molecule has 2 saturated heterocycles. The van der Waals surface area contributed by atoms with E-state index in [0.717, 1.165) is 18.4 Å². The van der Waals surface area contributed by atoms with E-state index in [-0.39, 0.29) is 5.91 Å². The highest BCUT2D eigenvalue weighted by atomic mass is 32.2. The molecule has 0 radical (unpaired) electrons. The molecule has 0 aromatic heterocycles. The van der Waals surface area contributed by atoms with Crippen LogP contribution in [0.4, 0.5) is 0 Å². The fraction of sp³-hybridized carbons (Fsp3) is 0.562. The standard InChI is InChI=1S/C16H22N2OS/c1-18(14-9-12-5-6-13(10-14)17-12)16(19)11-3-7-15(20-2)8-4-11/h3-4,7-8,12-14,17H,5-6,9-10H2,1-2H3. The van der Waals surface area contributed by atoms with Crippen LogP contribution >= 0.6 is 11.8 Å². The summed E-state index contributed by atoms with van der Waals surface area (Å²) in [4.78, 5) is 15.7. The van der Waals surface area contributed by atoms with Gasteiger partial charge in [0, 0.05) is 35.6 Å². The van der Waals surface area contributed by atoms with Crippen molar-refractivity contribution >= 4 is 17.7 Å². The molecule has 2 atom stereocenters. The minimum absolute atomic E-state index is 0.156. The maximum absolute atomic E-state index is 12.6. The van der Waals surface area contributed by atoms with E-state index in [4.69, 9.17) is 0 Å². The van der Waals surface area contributed by atoms with Crippen LogP contribution in [0, 0.1) is 0 Å². The number of amides is 1. The van der Waals surface area contributed by atoms with Crippen LogP contribution in [-0.4, -0.2) is 42.2 Å². The van der Waals surface area contributed by atoms with Gasteiger partial charge in [0.05, 0.1) is 0 Å². The zero-order valence-electron chi connectivity index (χ0n) is 12.1. The summed E-state index contributed by atoms with van der Waals surface area (Å²) in [5, 5.41) is 3.63. The van der Waals surface area contributed by atoms with Gasteiger partial charge in [0.25, 0.3) is 5.91 Å². The highest BCUT2D eigenvalue weighted by Crippen LogP contribution is 2.30. The van der Waals surface area contributed by atoms with Gasteiger partial charge in [-0.25, -0.2) is 0 Å². The molecule has 3 rings (SSSR count). The van der Waals surface area contributed by atoms with Gasteiger partial charge < -0.3 is 10.2 Å². The molecule has 2 unspecified atom stereocenters. The second kappa shape index (κ2) is 5.78. The monoisotopic (exact) mass is 290 g/mol. The van der Waals surface area contributed by atoms with Crippen molar-refractivity contribution in [1.29, 1.82) is 0 Å². The number of nitrogens with zero attached hydrogens (tertiary/aromatic N) is 1. The molecule has 1 aromatic rings. The third kappa shape index (κ3) is 2.72. The van der Waals surface area contributed by atoms with Crippen molar-refractivity contribution in [1.82, 2.24) is 10.2 Å². The van der Waals surface area contributed by atoms with Gasteiger partial charge >= 0.3 is 0 Å². The van der Waals surface area contributed by atoms with Gasteiger partial charge in [-0.3, -0.25) is 4.79 Å². The van der Waals surface area contributed by atoms with Crippen LogP contribution in [0.15, 0.2) is 29.2 Å². The molecular weight excluding hydrogens is 268 g/mol. The van der Waals surface area contributed by atoms with Crippen LogP contribution in [0.5, 0.6) is 0 Å². The van der Waals surface area contributed by atoms with E-state index in [1.807, 2.05) is 42.5 Å². The summed E-state index contributed by atoms with van der Waals surface area (Å²) < 4.78 is 0. The summed E-state index contributed by atoms with van der Waals surface area (Å²) in [6, 6.07) is 9.57. The average molecular weight is 290 g/mol. The summed E-state index contributed by atoms with van der Waals surface area (Å²) in [6.07, 6.45) is 6.79. The van der Waals surface area contributed by atoms with Crippen LogP contribution in [0.2, 0.25) is 0 Å². The molecule has 1 N–H and O–H groups in total. The summed E-state index contributed by atoms with van der Waals surface area (Å²) in [6.45, 7) is 0. The van der Waals surface area contributed by atoms with Gasteiger partial charge in [0.2, 0.25) is 0 Å². The van der Waals surface area contributed by atoms with E-state index in [1.165, 1.54) is 17.7 Å². The fourth-order valence-corrected chi connectivity index (χ4v) is 3.85. The molecule has 2 bridgehead atoms. The SMILES string of the molecule is CSc1ccc(C(=O)N(C)C2CC3CCC(C2)N3)cc1. The molecule has 20 heavy (non-hydrogen) atoms. The van der Waals surface area contributed by atoms with Crippen molar-refractivity contribution in [3.63, 3.8) is 0 Å². The first-order chi connectivity index (χ1) is 9.67. The van der Waals surface area contributed by atoms with Gasteiger partial charge in [-0.1, -0.05) is 0 Å². The van der Waals surface area contributed by atoms with Gasteiger partial charge in [0.15, 0.2) is 0 Å². The Bertz CT molecular complexity index is 476. The van der Waals surface area contributed by atoms with Crippen LogP contribution < -0.4 is 5.32 Å². The van der Waals surface area contributed by atoms with E-state index in [9.17, 15) is 4.79 Å². The molecule has 2 aliphatic rings. The fourth-order valence-electron chi connectivity index (χ4n) is 3.45. The van der Waals surface area contributed by atoms with Crippen LogP contribution in [0.25, 0.3) is 0 Å². The van der Waals surface area contributed by atoms with Gasteiger partial charge in [-0.15, -0.1) is 11.8 Å². The largest absolute Gasteiger partial charge is 0.339 e. The lowest BCUT2D eigenvalue weighted by atomic mass is 9.98. The first-order valence-corrected chi connectivity index (χ1v) is 8.57. The number of piperidine rings is 1. The van der Waals surface area contributed by atoms with E-state index >= 15 is 0 Å². The van der Waals surface area contributed by atoms with Crippen molar-refractivity contribution in [2.45, 2.75) is 48.7 Å². The van der Waals surface area contributed by atoms with E-state index in [1.54, 1.807) is 11.8 Å². The number of rotatable bonds is 3. The number of carbonyl (C=O) groups excluding carboxylic acids is 1. The molecule has 4 heteroatoms. The molecule has 2 heterocycles. The molecule has 0 aliphatic carbocycles. The quantitative estimate of drug-likeness (QED) is 0.869. The van der Waals surface area contributed by atoms with Gasteiger partial charge in [-0.2, -0.15) is 0 Å². The number of thioether (sulfide) groups is 1. The smallest absolute Gasteiger partial charge is 0.253 e. The Morgan fingerprint density at radius 2 is 1.80 bits per heavy atom. The van der Waals surface area contributed by atoms with Crippen molar-refractivity contribution in [3.8, 4) is 0 Å². The number of hydrogen-bond acceptors (Lipinski definition) is 3. The average Bonchev–Trinajstić information content (AvgIpc) is 2.84. The lowest BCUT2D eigenvalue weighted by Gasteiger charge is -2.35. The Morgan fingerprint density at radius 3 is 2.35 bits per heavy atom. The van der Waals surface area contributed by atoms with Gasteiger partial charge in [0.1, 0.15) is 0 Å². The van der Waals surface area contributed by atoms with Crippen molar-refractivity contribution in [2.24, 2.45) is 0 Å². The first kappa shape index (κ1) is 14.0. The molecule has 3 nitrogen and oxygen atoms in total. The molecule has 108 valence electrons. The van der Waals surface area contributed by atoms with Crippen molar-refractivity contribution in [3.05, 3.63) is 29.8 Å². The van der Waals surface area contributed by atoms with E-state index in [2.05, 4.69) is 5.32 Å². The highest BCUT2D eigenvalue weighted by molar-refractivity contribution is 7.98. The topological polar surface area (TPSA) is 32.3 Å². The highest BCUT2D eigenvalue weighted by Gasteiger charge is 2.36. The first-order valence-electron chi connectivity index (χ1n) is 7.34. The van der Waals surface area contributed by atoms with E-state index in [0.29, 0.717) is 18.1 Å². The Kier molecular flexibility index (Phi) is 4.03. The lowest BCUT2D eigenvalue weighted by Crippen LogP contribution is -2.48. The second-order valence-corrected chi connectivity index (χ2v) is 6.79. The normalized spacial score (nSPS) is 28.4. The number of carbonyl (C=O) groups is 1. The number of hydrogen-bond donors (Lipinski definition) is 1. The second-order valence-electron chi connectivity index (χ2n) is 5.91. The predicted octanol–water partition coefficient (Wildman–Crippen LogP) is 2.76. The molecule has 0 spiro atoms. The zero-order valence-corrected chi connectivity index (χ0v) is 13.0. The maximum atomic E-state index is 12.6. The molecule has 0 saturated carbocycles. The van der Waals surface area contributed by atoms with Crippen molar-refractivity contribution < 1.29 is 4.79 Å². The van der Waals surface area contributed by atoms with E-state index < -0.39 is 0 Å². The number of nitrogens with one attached hydrogen (secondary N) is 1. The predicted molar refractivity (Wildman–Crippen MR) is 83.3 cm³/mol. The number of benzene rings is 1. The van der Waals surface area contributed by atoms with Crippen molar-refractivity contribution in [2.75, 3.05) is 13.3 Å². The van der Waals surface area contributed by atoms with Crippen LogP contribution in [0.3, 0.4) is 0 Å². The summed E-state index contributed by atoms with van der Waals surface area (Å²) in [7, 11) is 1.96. The lowest BCUT2D eigenvalue weighted by molar-refractivity contribution is 0.0681.